The van der Waals surface area contributed by atoms with Crippen molar-refractivity contribution in [2.75, 3.05) is 6.54 Å². The molecule has 1 unspecified atom stereocenters. The number of nitrogens with one attached hydrogen (secondary N) is 2. The molecule has 5 rings (SSSR count). The Morgan fingerprint density at radius 2 is 1.69 bits per heavy atom. The maximum atomic E-state index is 13.3. The number of carbonyl (C=O) groups excluding carboxylic acids is 1. The molecule has 6 nitrogen and oxygen atoms in total. The molecule has 2 N–H and O–H groups in total. The summed E-state index contributed by atoms with van der Waals surface area (Å²) in [6, 6.07) is 12.2. The van der Waals surface area contributed by atoms with Crippen molar-refractivity contribution in [2.45, 2.75) is 25.3 Å². The maximum absolute atomic E-state index is 13.3. The van der Waals surface area contributed by atoms with Crippen molar-refractivity contribution < 1.29 is 13.6 Å². The molecule has 1 fully saturated rings. The highest BCUT2D eigenvalue weighted by atomic mass is 19.1. The summed E-state index contributed by atoms with van der Waals surface area (Å²) in [5.41, 5.74) is 3.44. The van der Waals surface area contributed by atoms with Crippen molar-refractivity contribution in [3.8, 4) is 22.4 Å². The van der Waals surface area contributed by atoms with Crippen LogP contribution in [0.15, 0.2) is 60.9 Å². The van der Waals surface area contributed by atoms with Crippen LogP contribution in [0, 0.1) is 11.6 Å². The van der Waals surface area contributed by atoms with Gasteiger partial charge >= 0.3 is 0 Å². The molecule has 32 heavy (non-hydrogen) atoms. The Morgan fingerprint density at radius 3 is 2.41 bits per heavy atom. The minimum absolute atomic E-state index is 0.000847. The highest BCUT2D eigenvalue weighted by Crippen LogP contribution is 2.28. The normalized spacial score (nSPS) is 15.9. The molecule has 162 valence electrons. The molecule has 1 aliphatic heterocycles. The lowest BCUT2D eigenvalue weighted by atomic mass is 10.1. The van der Waals surface area contributed by atoms with E-state index in [0.29, 0.717) is 24.2 Å². The molecular formula is C24H21F2N5O. The van der Waals surface area contributed by atoms with Gasteiger partial charge in [-0.1, -0.05) is 12.1 Å². The fourth-order valence-corrected chi connectivity index (χ4v) is 4.22. The summed E-state index contributed by atoms with van der Waals surface area (Å²) in [6.07, 6.45) is 5.69. The van der Waals surface area contributed by atoms with Crippen LogP contribution in [0.4, 0.5) is 8.78 Å². The molecule has 3 heterocycles. The molecule has 1 atom stereocenters. The van der Waals surface area contributed by atoms with Crippen molar-refractivity contribution in [2.24, 2.45) is 0 Å². The van der Waals surface area contributed by atoms with Crippen LogP contribution in [-0.4, -0.2) is 43.6 Å². The smallest absolute Gasteiger partial charge is 0.272 e. The van der Waals surface area contributed by atoms with E-state index in [2.05, 4.69) is 20.2 Å². The Morgan fingerprint density at radius 1 is 1.00 bits per heavy atom. The topological polar surface area (TPSA) is 77.7 Å². The fraction of sp³-hybridized carbons (Fsp3) is 0.208. The minimum Gasteiger partial charge on any atom is -0.342 e. The van der Waals surface area contributed by atoms with Gasteiger partial charge in [0.05, 0.1) is 18.1 Å². The van der Waals surface area contributed by atoms with E-state index in [1.165, 1.54) is 24.3 Å². The molecule has 0 radical (unpaired) electrons. The lowest BCUT2D eigenvalue weighted by molar-refractivity contribution is 0.0730. The minimum atomic E-state index is -0.330. The van der Waals surface area contributed by atoms with Gasteiger partial charge in [-0.15, -0.1) is 0 Å². The van der Waals surface area contributed by atoms with E-state index < -0.39 is 0 Å². The van der Waals surface area contributed by atoms with Crippen molar-refractivity contribution in [3.05, 3.63) is 84.1 Å². The third-order valence-corrected chi connectivity index (χ3v) is 5.86. The number of benzene rings is 2. The number of halogens is 2. The number of hydrogen-bond donors (Lipinski definition) is 2. The number of hydrogen-bond acceptors (Lipinski definition) is 3. The largest absolute Gasteiger partial charge is 0.342 e. The van der Waals surface area contributed by atoms with Gasteiger partial charge in [-0.25, -0.2) is 13.8 Å². The van der Waals surface area contributed by atoms with Crippen molar-refractivity contribution >= 4 is 5.91 Å². The molecule has 1 aliphatic rings. The molecule has 1 saturated heterocycles. The van der Waals surface area contributed by atoms with Gasteiger partial charge in [-0.3, -0.25) is 9.89 Å². The second kappa shape index (κ2) is 8.37. The van der Waals surface area contributed by atoms with Crippen molar-refractivity contribution in [3.63, 3.8) is 0 Å². The summed E-state index contributed by atoms with van der Waals surface area (Å²) >= 11 is 0. The van der Waals surface area contributed by atoms with Gasteiger partial charge in [0.25, 0.3) is 5.91 Å². The molecule has 0 aliphatic carbocycles. The number of aromatic amines is 2. The average molecular weight is 433 g/mol. The van der Waals surface area contributed by atoms with Crippen LogP contribution in [-0.2, 0) is 6.42 Å². The predicted octanol–water partition coefficient (Wildman–Crippen LogP) is 4.59. The quantitative estimate of drug-likeness (QED) is 0.483. The maximum Gasteiger partial charge on any atom is 0.272 e. The number of H-pyrrole nitrogens is 2. The summed E-state index contributed by atoms with van der Waals surface area (Å²) in [5, 5.41) is 6.88. The van der Waals surface area contributed by atoms with Gasteiger partial charge in [0.15, 0.2) is 0 Å². The van der Waals surface area contributed by atoms with Gasteiger partial charge in [0.1, 0.15) is 23.2 Å². The third kappa shape index (κ3) is 3.91. The first-order valence-corrected chi connectivity index (χ1v) is 10.5. The second-order valence-electron chi connectivity index (χ2n) is 7.91. The van der Waals surface area contributed by atoms with E-state index in [-0.39, 0.29) is 23.6 Å². The number of likely N-dealkylation sites (tertiary alicyclic amines) is 1. The number of nitrogens with zero attached hydrogens (tertiary/aromatic N) is 3. The number of amides is 1. The molecule has 1 amide bonds. The van der Waals surface area contributed by atoms with E-state index in [0.717, 1.165) is 35.5 Å². The number of aromatic nitrogens is 4. The standard InChI is InChI=1S/C24H21F2N5O/c25-17-7-3-15(4-8-17)20-13-28-30-23(20)24(32)31-11-1-2-19(31)12-22-27-14-21(29-22)16-5-9-18(26)10-6-16/h3-10,13-14,19H,1-2,11-12H2,(H,27,29)(H,28,30). The monoisotopic (exact) mass is 433 g/mol. The molecule has 8 heteroatoms. The Balaban J connectivity index is 1.34. The predicted molar refractivity (Wildman–Crippen MR) is 116 cm³/mol. The van der Waals surface area contributed by atoms with Crippen LogP contribution in [0.2, 0.25) is 0 Å². The highest BCUT2D eigenvalue weighted by molar-refractivity contribution is 5.99. The lowest BCUT2D eigenvalue weighted by Crippen LogP contribution is -2.37. The molecule has 4 aromatic rings. The van der Waals surface area contributed by atoms with E-state index >= 15 is 0 Å². The van der Waals surface area contributed by atoms with Gasteiger partial charge in [0, 0.05) is 24.6 Å². The fourth-order valence-electron chi connectivity index (χ4n) is 4.22. The Labute approximate surface area is 183 Å². The molecule has 0 saturated carbocycles. The van der Waals surface area contributed by atoms with E-state index in [4.69, 9.17) is 0 Å². The van der Waals surface area contributed by atoms with Crippen LogP contribution in [0.5, 0.6) is 0 Å². The zero-order chi connectivity index (χ0) is 22.1. The summed E-state index contributed by atoms with van der Waals surface area (Å²) in [5.74, 6) is 0.0302. The summed E-state index contributed by atoms with van der Waals surface area (Å²) in [6.45, 7) is 0.650. The summed E-state index contributed by atoms with van der Waals surface area (Å²) in [7, 11) is 0. The highest BCUT2D eigenvalue weighted by Gasteiger charge is 2.32. The number of rotatable bonds is 5. The van der Waals surface area contributed by atoms with E-state index in [9.17, 15) is 13.6 Å². The molecular weight excluding hydrogens is 412 g/mol. The van der Waals surface area contributed by atoms with Crippen molar-refractivity contribution in [1.82, 2.24) is 25.1 Å². The summed E-state index contributed by atoms with van der Waals surface area (Å²) < 4.78 is 26.5. The molecule has 0 spiro atoms. The first-order chi connectivity index (χ1) is 15.6. The first kappa shape index (κ1) is 20.1. The van der Waals surface area contributed by atoms with Crippen LogP contribution in [0.3, 0.4) is 0 Å². The zero-order valence-corrected chi connectivity index (χ0v) is 17.2. The number of imidazole rings is 1. The average Bonchev–Trinajstić information content (AvgIpc) is 3.56. The lowest BCUT2D eigenvalue weighted by Gasteiger charge is -2.24. The Hall–Kier alpha value is -3.81. The van der Waals surface area contributed by atoms with Crippen LogP contribution >= 0.6 is 0 Å². The Bertz CT molecular complexity index is 1230. The zero-order valence-electron chi connectivity index (χ0n) is 17.2. The van der Waals surface area contributed by atoms with Gasteiger partial charge in [0.2, 0.25) is 0 Å². The second-order valence-corrected chi connectivity index (χ2v) is 7.91. The van der Waals surface area contributed by atoms with E-state index in [1.54, 1.807) is 36.7 Å². The molecule has 0 bridgehead atoms. The van der Waals surface area contributed by atoms with Gasteiger partial charge in [-0.05, 0) is 60.4 Å². The van der Waals surface area contributed by atoms with Gasteiger partial charge in [-0.2, -0.15) is 5.10 Å². The van der Waals surface area contributed by atoms with Gasteiger partial charge < -0.3 is 9.88 Å². The summed E-state index contributed by atoms with van der Waals surface area (Å²) in [4.78, 5) is 22.9. The third-order valence-electron chi connectivity index (χ3n) is 5.86. The SMILES string of the molecule is O=C(c1[nH]ncc1-c1ccc(F)cc1)N1CCCC1Cc1ncc(-c2ccc(F)cc2)[nH]1. The van der Waals surface area contributed by atoms with Crippen LogP contribution in [0.25, 0.3) is 22.4 Å². The Kier molecular flexibility index (Phi) is 5.26. The van der Waals surface area contributed by atoms with Crippen LogP contribution in [0.1, 0.15) is 29.2 Å². The van der Waals surface area contributed by atoms with E-state index in [1.807, 2.05) is 4.90 Å². The molecule has 2 aromatic carbocycles. The molecule has 2 aromatic heterocycles. The first-order valence-electron chi connectivity index (χ1n) is 10.5. The van der Waals surface area contributed by atoms with Crippen molar-refractivity contribution in [1.29, 1.82) is 0 Å². The number of carbonyl (C=O) groups is 1. The van der Waals surface area contributed by atoms with Crippen LogP contribution < -0.4 is 0 Å².